The van der Waals surface area contributed by atoms with E-state index in [9.17, 15) is 24.1 Å². The van der Waals surface area contributed by atoms with Crippen molar-refractivity contribution >= 4 is 51.7 Å². The van der Waals surface area contributed by atoms with Gasteiger partial charge in [0, 0.05) is 28.9 Å². The lowest BCUT2D eigenvalue weighted by Crippen LogP contribution is -2.21. The number of halogens is 1. The average molecular weight is 462 g/mol. The Labute approximate surface area is 190 Å². The normalized spacial score (nSPS) is 10.5. The first-order chi connectivity index (χ1) is 16.3. The molecule has 170 valence electrons. The van der Waals surface area contributed by atoms with Crippen molar-refractivity contribution in [2.24, 2.45) is 0 Å². The number of amides is 2. The van der Waals surface area contributed by atoms with E-state index in [2.05, 4.69) is 25.9 Å². The molecule has 11 nitrogen and oxygen atoms in total. The number of nitrogens with zero attached hydrogens (tertiary/aromatic N) is 3. The molecule has 0 atom stereocenters. The van der Waals surface area contributed by atoms with Gasteiger partial charge in [0.05, 0.1) is 16.0 Å². The summed E-state index contributed by atoms with van der Waals surface area (Å²) in [5.74, 6) is -1.61. The van der Waals surface area contributed by atoms with Gasteiger partial charge in [0.1, 0.15) is 11.6 Å². The number of fused-ring (bicyclic) bond motifs is 1. The second-order valence-corrected chi connectivity index (χ2v) is 6.95. The number of nitrogens with one attached hydrogen (secondary N) is 3. The van der Waals surface area contributed by atoms with Gasteiger partial charge in [-0.05, 0) is 48.5 Å². The lowest BCUT2D eigenvalue weighted by molar-refractivity contribution is -0.384. The fraction of sp³-hybridized carbons (Fsp3) is 0. The molecule has 0 aliphatic rings. The number of benzene rings is 3. The number of nitro benzene ring substituents is 1. The van der Waals surface area contributed by atoms with Gasteiger partial charge < -0.3 is 15.7 Å². The van der Waals surface area contributed by atoms with Crippen LogP contribution in [0.5, 0.6) is 0 Å². The zero-order valence-corrected chi connectivity index (χ0v) is 17.2. The Balaban J connectivity index is 1.67. The van der Waals surface area contributed by atoms with Gasteiger partial charge in [0.25, 0.3) is 5.69 Å². The van der Waals surface area contributed by atoms with Gasteiger partial charge in [-0.2, -0.15) is 4.98 Å². The van der Waals surface area contributed by atoms with E-state index < -0.39 is 22.7 Å². The maximum atomic E-state index is 13.4. The lowest BCUT2D eigenvalue weighted by Gasteiger charge is -2.12. The fourth-order valence-electron chi connectivity index (χ4n) is 3.04. The van der Waals surface area contributed by atoms with E-state index in [1.165, 1.54) is 60.7 Å². The van der Waals surface area contributed by atoms with Crippen molar-refractivity contribution in [3.05, 3.63) is 88.2 Å². The highest BCUT2D eigenvalue weighted by Gasteiger charge is 2.15. The summed E-state index contributed by atoms with van der Waals surface area (Å²) in [5, 5.41) is 28.4. The predicted octanol–water partition coefficient (Wildman–Crippen LogP) is 4.76. The van der Waals surface area contributed by atoms with Crippen LogP contribution in [0.25, 0.3) is 10.9 Å². The molecule has 0 bridgehead atoms. The molecule has 12 heteroatoms. The summed E-state index contributed by atoms with van der Waals surface area (Å²) in [6, 6.07) is 14.3. The standard InChI is InChI=1S/C22H15FN6O5/c23-13-2-1-3-15(10-13)25-22(32)28-21-26-18-9-8-16(29(33)34)11-17(18)19(27-21)24-14-6-4-12(5-7-14)20(30)31/h1-11H,(H,30,31)(H3,24,25,26,27,28,32). The van der Waals surface area contributed by atoms with E-state index in [0.29, 0.717) is 16.6 Å². The SMILES string of the molecule is O=C(Nc1cccc(F)c1)Nc1nc(Nc2ccc(C(=O)O)cc2)c2cc([N+](=O)[O-])ccc2n1. The van der Waals surface area contributed by atoms with Crippen LogP contribution in [0.15, 0.2) is 66.7 Å². The summed E-state index contributed by atoms with van der Waals surface area (Å²) in [6.45, 7) is 0. The monoisotopic (exact) mass is 462 g/mol. The number of non-ortho nitro benzene ring substituents is 1. The third-order valence-electron chi connectivity index (χ3n) is 4.59. The quantitative estimate of drug-likeness (QED) is 0.236. The molecule has 0 unspecified atom stereocenters. The molecule has 0 spiro atoms. The van der Waals surface area contributed by atoms with E-state index >= 15 is 0 Å². The van der Waals surface area contributed by atoms with Crippen molar-refractivity contribution in [2.75, 3.05) is 16.0 Å². The summed E-state index contributed by atoms with van der Waals surface area (Å²) >= 11 is 0. The maximum Gasteiger partial charge on any atom is 0.335 e. The van der Waals surface area contributed by atoms with Crippen LogP contribution in [0.3, 0.4) is 0 Å². The molecule has 0 saturated carbocycles. The highest BCUT2D eigenvalue weighted by Crippen LogP contribution is 2.29. The number of urea groups is 1. The Morgan fingerprint density at radius 1 is 0.941 bits per heavy atom. The molecule has 34 heavy (non-hydrogen) atoms. The largest absolute Gasteiger partial charge is 0.478 e. The van der Waals surface area contributed by atoms with Crippen molar-refractivity contribution in [3.63, 3.8) is 0 Å². The molecule has 3 aromatic carbocycles. The Bertz CT molecular complexity index is 1430. The third kappa shape index (κ3) is 5.02. The van der Waals surface area contributed by atoms with Gasteiger partial charge in [-0.25, -0.2) is 19.0 Å². The molecule has 4 rings (SSSR count). The van der Waals surface area contributed by atoms with Crippen molar-refractivity contribution in [1.29, 1.82) is 0 Å². The number of rotatable bonds is 6. The Hall–Kier alpha value is -5.13. The molecule has 0 saturated heterocycles. The molecular formula is C22H15FN6O5. The molecule has 0 aliphatic carbocycles. The van der Waals surface area contributed by atoms with Crippen molar-refractivity contribution in [2.45, 2.75) is 0 Å². The first-order valence-electron chi connectivity index (χ1n) is 9.68. The molecule has 0 aliphatic heterocycles. The van der Waals surface area contributed by atoms with Gasteiger partial charge in [-0.1, -0.05) is 6.07 Å². The topological polar surface area (TPSA) is 159 Å². The lowest BCUT2D eigenvalue weighted by atomic mass is 10.2. The summed E-state index contributed by atoms with van der Waals surface area (Å²) in [4.78, 5) is 42.5. The number of anilines is 4. The zero-order chi connectivity index (χ0) is 24.2. The molecule has 0 fully saturated rings. The van der Waals surface area contributed by atoms with E-state index in [-0.39, 0.29) is 28.7 Å². The summed E-state index contributed by atoms with van der Waals surface area (Å²) in [5.41, 5.74) is 0.846. The fourth-order valence-corrected chi connectivity index (χ4v) is 3.04. The molecule has 0 radical (unpaired) electrons. The predicted molar refractivity (Wildman–Crippen MR) is 122 cm³/mol. The number of carboxylic acid groups (broad SMARTS) is 1. The number of nitro groups is 1. The smallest absolute Gasteiger partial charge is 0.335 e. The number of aromatic carboxylic acids is 1. The van der Waals surface area contributed by atoms with E-state index in [1.807, 2.05) is 0 Å². The average Bonchev–Trinajstić information content (AvgIpc) is 2.79. The van der Waals surface area contributed by atoms with Crippen LogP contribution < -0.4 is 16.0 Å². The Morgan fingerprint density at radius 2 is 1.71 bits per heavy atom. The number of hydrogen-bond donors (Lipinski definition) is 4. The van der Waals surface area contributed by atoms with E-state index in [0.717, 1.165) is 6.07 Å². The van der Waals surface area contributed by atoms with E-state index in [4.69, 9.17) is 5.11 Å². The van der Waals surface area contributed by atoms with Gasteiger partial charge in [0.2, 0.25) is 5.95 Å². The zero-order valence-electron chi connectivity index (χ0n) is 17.2. The van der Waals surface area contributed by atoms with Crippen LogP contribution in [-0.4, -0.2) is 32.0 Å². The Morgan fingerprint density at radius 3 is 2.38 bits per heavy atom. The van der Waals surface area contributed by atoms with Crippen LogP contribution in [0.1, 0.15) is 10.4 Å². The second-order valence-electron chi connectivity index (χ2n) is 6.95. The first kappa shape index (κ1) is 22.1. The minimum Gasteiger partial charge on any atom is -0.478 e. The number of carbonyl (C=O) groups excluding carboxylic acids is 1. The Kier molecular flexibility index (Phi) is 5.95. The van der Waals surface area contributed by atoms with Crippen LogP contribution in [0.4, 0.5) is 38.0 Å². The number of hydrogen-bond acceptors (Lipinski definition) is 7. The van der Waals surface area contributed by atoms with Crippen LogP contribution in [-0.2, 0) is 0 Å². The molecule has 1 aromatic heterocycles. The highest BCUT2D eigenvalue weighted by atomic mass is 19.1. The van der Waals surface area contributed by atoms with Gasteiger partial charge >= 0.3 is 12.0 Å². The molecule has 4 aromatic rings. The minimum absolute atomic E-state index is 0.0742. The minimum atomic E-state index is -1.09. The molecular weight excluding hydrogens is 447 g/mol. The van der Waals surface area contributed by atoms with Crippen molar-refractivity contribution in [3.8, 4) is 0 Å². The van der Waals surface area contributed by atoms with Crippen LogP contribution in [0, 0.1) is 15.9 Å². The van der Waals surface area contributed by atoms with Gasteiger partial charge in [-0.15, -0.1) is 0 Å². The van der Waals surface area contributed by atoms with Gasteiger partial charge in [0.15, 0.2) is 0 Å². The molecule has 1 heterocycles. The highest BCUT2D eigenvalue weighted by molar-refractivity contribution is 6.00. The number of carboxylic acids is 1. The number of carbonyl (C=O) groups is 2. The first-order valence-corrected chi connectivity index (χ1v) is 9.68. The maximum absolute atomic E-state index is 13.4. The summed E-state index contributed by atoms with van der Waals surface area (Å²) in [6.07, 6.45) is 0. The second kappa shape index (κ2) is 9.16. The number of aromatic nitrogens is 2. The third-order valence-corrected chi connectivity index (χ3v) is 4.59. The molecule has 2 amide bonds. The van der Waals surface area contributed by atoms with Crippen LogP contribution >= 0.6 is 0 Å². The van der Waals surface area contributed by atoms with Crippen LogP contribution in [0.2, 0.25) is 0 Å². The summed E-state index contributed by atoms with van der Waals surface area (Å²) < 4.78 is 13.4. The van der Waals surface area contributed by atoms with Crippen molar-refractivity contribution in [1.82, 2.24) is 9.97 Å². The summed E-state index contributed by atoms with van der Waals surface area (Å²) in [7, 11) is 0. The molecule has 4 N–H and O–H groups in total. The van der Waals surface area contributed by atoms with E-state index in [1.54, 1.807) is 0 Å². The van der Waals surface area contributed by atoms with Gasteiger partial charge in [-0.3, -0.25) is 15.4 Å². The van der Waals surface area contributed by atoms with Crippen molar-refractivity contribution < 1.29 is 24.0 Å².